The molecule has 84 valence electrons. The maximum atomic E-state index is 3.46. The van der Waals surface area contributed by atoms with E-state index in [0.717, 1.165) is 17.2 Å². The van der Waals surface area contributed by atoms with Crippen LogP contribution in [0.4, 0.5) is 0 Å². The van der Waals surface area contributed by atoms with Crippen LogP contribution in [0.3, 0.4) is 0 Å². The zero-order valence-corrected chi connectivity index (χ0v) is 10.7. The quantitative estimate of drug-likeness (QED) is 0.699. The Hall–Kier alpha value is 0.310. The molecule has 2 atom stereocenters. The Bertz CT molecular complexity index is 145. The van der Waals surface area contributed by atoms with Crippen molar-refractivity contribution in [3.8, 4) is 0 Å². The van der Waals surface area contributed by atoms with Gasteiger partial charge in [0.05, 0.1) is 0 Å². The van der Waals surface area contributed by atoms with Crippen LogP contribution in [0.25, 0.3) is 0 Å². The first-order valence-electron chi connectivity index (χ1n) is 6.05. The van der Waals surface area contributed by atoms with Crippen LogP contribution in [-0.4, -0.2) is 24.1 Å². The summed E-state index contributed by atoms with van der Waals surface area (Å²) in [6.45, 7) is 4.61. The highest BCUT2D eigenvalue weighted by Crippen LogP contribution is 2.31. The highest BCUT2D eigenvalue weighted by atomic mass is 32.2. The summed E-state index contributed by atoms with van der Waals surface area (Å²) < 4.78 is 0. The van der Waals surface area contributed by atoms with Gasteiger partial charge in [-0.15, -0.1) is 0 Å². The molecule has 1 aliphatic carbocycles. The topological polar surface area (TPSA) is 12.0 Å². The summed E-state index contributed by atoms with van der Waals surface area (Å²) in [5.74, 6) is 2.33. The summed E-state index contributed by atoms with van der Waals surface area (Å²) in [5, 5.41) is 4.29. The molecule has 1 rings (SSSR count). The van der Waals surface area contributed by atoms with Crippen molar-refractivity contribution in [1.82, 2.24) is 5.32 Å². The van der Waals surface area contributed by atoms with Crippen LogP contribution in [0.5, 0.6) is 0 Å². The van der Waals surface area contributed by atoms with E-state index in [0.29, 0.717) is 0 Å². The maximum absolute atomic E-state index is 3.46. The summed E-state index contributed by atoms with van der Waals surface area (Å²) in [6, 6.07) is 0.749. The standard InChI is InChI=1S/C12H25NS/c1-4-10(2)14-9-12(13-3)8-11-6-5-7-11/h10-13H,4-9H2,1-3H3. The van der Waals surface area contributed by atoms with Gasteiger partial charge in [0.25, 0.3) is 0 Å². The Labute approximate surface area is 93.4 Å². The molecule has 1 nitrogen and oxygen atoms in total. The Morgan fingerprint density at radius 2 is 2.14 bits per heavy atom. The van der Waals surface area contributed by atoms with Gasteiger partial charge >= 0.3 is 0 Å². The van der Waals surface area contributed by atoms with Crippen molar-refractivity contribution in [1.29, 1.82) is 0 Å². The van der Waals surface area contributed by atoms with E-state index in [1.54, 1.807) is 0 Å². The van der Waals surface area contributed by atoms with Crippen LogP contribution < -0.4 is 5.32 Å². The Kier molecular flexibility index (Phi) is 5.95. The molecule has 0 heterocycles. The molecule has 0 aromatic rings. The molecule has 0 spiro atoms. The van der Waals surface area contributed by atoms with Crippen LogP contribution in [0.15, 0.2) is 0 Å². The third kappa shape index (κ3) is 4.22. The lowest BCUT2D eigenvalue weighted by atomic mass is 9.81. The number of rotatable bonds is 7. The zero-order chi connectivity index (χ0) is 10.4. The maximum Gasteiger partial charge on any atom is 0.0157 e. The molecule has 0 aliphatic heterocycles. The monoisotopic (exact) mass is 215 g/mol. The number of nitrogens with one attached hydrogen (secondary N) is 1. The van der Waals surface area contributed by atoms with Gasteiger partial charge in [-0.1, -0.05) is 33.1 Å². The molecule has 2 heteroatoms. The van der Waals surface area contributed by atoms with Crippen molar-refractivity contribution in [3.63, 3.8) is 0 Å². The predicted molar refractivity (Wildman–Crippen MR) is 67.0 cm³/mol. The van der Waals surface area contributed by atoms with E-state index in [2.05, 4.69) is 38.0 Å². The lowest BCUT2D eigenvalue weighted by molar-refractivity contribution is 0.272. The summed E-state index contributed by atoms with van der Waals surface area (Å²) in [4.78, 5) is 0. The van der Waals surface area contributed by atoms with Crippen molar-refractivity contribution in [2.75, 3.05) is 12.8 Å². The van der Waals surface area contributed by atoms with Gasteiger partial charge in [0, 0.05) is 17.0 Å². The summed E-state index contributed by atoms with van der Waals surface area (Å²) >= 11 is 2.12. The number of hydrogen-bond donors (Lipinski definition) is 1. The minimum absolute atomic E-state index is 0.749. The third-order valence-electron chi connectivity index (χ3n) is 3.41. The van der Waals surface area contributed by atoms with Crippen LogP contribution in [0.2, 0.25) is 0 Å². The molecule has 0 aromatic carbocycles. The van der Waals surface area contributed by atoms with Crippen molar-refractivity contribution < 1.29 is 0 Å². The van der Waals surface area contributed by atoms with Gasteiger partial charge in [-0.05, 0) is 25.8 Å². The normalized spacial score (nSPS) is 21.6. The number of thioether (sulfide) groups is 1. The smallest absolute Gasteiger partial charge is 0.0157 e. The molecule has 1 N–H and O–H groups in total. The van der Waals surface area contributed by atoms with Crippen molar-refractivity contribution in [2.24, 2.45) is 5.92 Å². The predicted octanol–water partition coefficient (Wildman–Crippen LogP) is 3.30. The second-order valence-corrected chi connectivity index (χ2v) is 6.04. The fraction of sp³-hybridized carbons (Fsp3) is 1.00. The third-order valence-corrected chi connectivity index (χ3v) is 4.90. The SMILES string of the molecule is CCC(C)SCC(CC1CCC1)NC. The fourth-order valence-electron chi connectivity index (χ4n) is 1.80. The second-order valence-electron chi connectivity index (χ2n) is 4.57. The first-order valence-corrected chi connectivity index (χ1v) is 7.10. The van der Waals surface area contributed by atoms with Crippen LogP contribution in [0.1, 0.15) is 46.0 Å². The first-order chi connectivity index (χ1) is 6.76. The van der Waals surface area contributed by atoms with Gasteiger partial charge in [0.1, 0.15) is 0 Å². The van der Waals surface area contributed by atoms with E-state index in [1.807, 2.05) is 0 Å². The van der Waals surface area contributed by atoms with Gasteiger partial charge < -0.3 is 5.32 Å². The first kappa shape index (κ1) is 12.4. The van der Waals surface area contributed by atoms with E-state index < -0.39 is 0 Å². The molecule has 0 amide bonds. The molecular weight excluding hydrogens is 190 g/mol. The molecule has 14 heavy (non-hydrogen) atoms. The number of hydrogen-bond acceptors (Lipinski definition) is 2. The summed E-state index contributed by atoms with van der Waals surface area (Å²) in [5.41, 5.74) is 0. The molecule has 1 fully saturated rings. The van der Waals surface area contributed by atoms with E-state index in [4.69, 9.17) is 0 Å². The van der Waals surface area contributed by atoms with Crippen LogP contribution in [0, 0.1) is 5.92 Å². The molecule has 0 bridgehead atoms. The molecular formula is C12H25NS. The molecule has 2 unspecified atom stereocenters. The molecule has 1 aliphatic rings. The summed E-state index contributed by atoms with van der Waals surface area (Å²) in [6.07, 6.45) is 7.13. The van der Waals surface area contributed by atoms with E-state index in [-0.39, 0.29) is 0 Å². The van der Waals surface area contributed by atoms with Crippen molar-refractivity contribution >= 4 is 11.8 Å². The molecule has 0 aromatic heterocycles. The van der Waals surface area contributed by atoms with Gasteiger partial charge in [-0.2, -0.15) is 11.8 Å². The van der Waals surface area contributed by atoms with E-state index >= 15 is 0 Å². The second kappa shape index (κ2) is 6.73. The largest absolute Gasteiger partial charge is 0.316 e. The van der Waals surface area contributed by atoms with Gasteiger partial charge in [0.2, 0.25) is 0 Å². The Balaban J connectivity index is 2.10. The average Bonchev–Trinajstić information content (AvgIpc) is 2.15. The molecule has 1 saturated carbocycles. The highest BCUT2D eigenvalue weighted by Gasteiger charge is 2.21. The highest BCUT2D eigenvalue weighted by molar-refractivity contribution is 7.99. The minimum Gasteiger partial charge on any atom is -0.316 e. The Morgan fingerprint density at radius 3 is 2.57 bits per heavy atom. The summed E-state index contributed by atoms with van der Waals surface area (Å²) in [7, 11) is 2.11. The Morgan fingerprint density at radius 1 is 1.43 bits per heavy atom. The molecule has 0 saturated heterocycles. The minimum atomic E-state index is 0.749. The van der Waals surface area contributed by atoms with Gasteiger partial charge in [-0.25, -0.2) is 0 Å². The van der Waals surface area contributed by atoms with Crippen molar-refractivity contribution in [2.45, 2.75) is 57.2 Å². The van der Waals surface area contributed by atoms with E-state index in [1.165, 1.54) is 37.9 Å². The lowest BCUT2D eigenvalue weighted by Gasteiger charge is -2.29. The lowest BCUT2D eigenvalue weighted by Crippen LogP contribution is -2.32. The fourth-order valence-corrected chi connectivity index (χ4v) is 2.90. The average molecular weight is 215 g/mol. The van der Waals surface area contributed by atoms with Crippen LogP contribution >= 0.6 is 11.8 Å². The van der Waals surface area contributed by atoms with E-state index in [9.17, 15) is 0 Å². The van der Waals surface area contributed by atoms with Crippen molar-refractivity contribution in [3.05, 3.63) is 0 Å². The van der Waals surface area contributed by atoms with Crippen LogP contribution in [-0.2, 0) is 0 Å². The van der Waals surface area contributed by atoms with Gasteiger partial charge in [-0.3, -0.25) is 0 Å². The van der Waals surface area contributed by atoms with Gasteiger partial charge in [0.15, 0.2) is 0 Å². The zero-order valence-electron chi connectivity index (χ0n) is 9.88. The molecule has 0 radical (unpaired) electrons.